The number of rotatable bonds is 5. The number of hydrogen-bond donors (Lipinski definition) is 2. The number of carbonyl (C=O) groups excluding carboxylic acids is 1. The van der Waals surface area contributed by atoms with Crippen LogP contribution in [0.25, 0.3) is 0 Å². The fraction of sp³-hybridized carbons (Fsp3) is 0.364. The molecule has 0 aliphatic carbocycles. The van der Waals surface area contributed by atoms with Gasteiger partial charge in [0, 0.05) is 6.54 Å². The molecule has 2 heterocycles. The molecule has 8 heteroatoms. The number of aryl methyl sites for hydroxylation is 1. The molecular formula is C11H14N6OS. The van der Waals surface area contributed by atoms with Crippen molar-refractivity contribution in [1.29, 1.82) is 0 Å². The van der Waals surface area contributed by atoms with Crippen molar-refractivity contribution < 1.29 is 4.79 Å². The molecule has 7 nitrogen and oxygen atoms in total. The molecule has 0 aliphatic rings. The van der Waals surface area contributed by atoms with Crippen molar-refractivity contribution >= 4 is 28.2 Å². The minimum absolute atomic E-state index is 0.245. The standard InChI is InChI=1S/C11H14N6OS/c1-3-9-16-17-11(19-9)15-10(18)7-5-14-8(6-13-7)12-4-2/h5-6H,3-4H2,1-2H3,(H,12,14)(H,15,17,18). The normalized spacial score (nSPS) is 10.2. The van der Waals surface area contributed by atoms with Gasteiger partial charge in [-0.25, -0.2) is 9.97 Å². The molecular weight excluding hydrogens is 264 g/mol. The Labute approximate surface area is 114 Å². The van der Waals surface area contributed by atoms with E-state index >= 15 is 0 Å². The van der Waals surface area contributed by atoms with Crippen LogP contribution in [0.5, 0.6) is 0 Å². The van der Waals surface area contributed by atoms with E-state index in [-0.39, 0.29) is 11.6 Å². The van der Waals surface area contributed by atoms with Crippen molar-refractivity contribution in [1.82, 2.24) is 20.2 Å². The number of aromatic nitrogens is 4. The summed E-state index contributed by atoms with van der Waals surface area (Å²) < 4.78 is 0. The number of amides is 1. The van der Waals surface area contributed by atoms with Gasteiger partial charge in [0.2, 0.25) is 5.13 Å². The van der Waals surface area contributed by atoms with Gasteiger partial charge in [0.05, 0.1) is 12.4 Å². The summed E-state index contributed by atoms with van der Waals surface area (Å²) in [4.78, 5) is 20.0. The van der Waals surface area contributed by atoms with E-state index < -0.39 is 0 Å². The van der Waals surface area contributed by atoms with Gasteiger partial charge in [-0.1, -0.05) is 18.3 Å². The Bertz CT molecular complexity index is 553. The van der Waals surface area contributed by atoms with Gasteiger partial charge in [0.15, 0.2) is 0 Å². The molecule has 0 aromatic carbocycles. The zero-order valence-electron chi connectivity index (χ0n) is 10.7. The second kappa shape index (κ2) is 6.19. The molecule has 0 radical (unpaired) electrons. The molecule has 100 valence electrons. The Hall–Kier alpha value is -2.09. The van der Waals surface area contributed by atoms with Crippen molar-refractivity contribution in [2.24, 2.45) is 0 Å². The van der Waals surface area contributed by atoms with Gasteiger partial charge < -0.3 is 5.32 Å². The van der Waals surface area contributed by atoms with E-state index in [9.17, 15) is 4.79 Å². The third-order valence-electron chi connectivity index (χ3n) is 2.23. The van der Waals surface area contributed by atoms with Gasteiger partial charge in [0.25, 0.3) is 5.91 Å². The zero-order valence-corrected chi connectivity index (χ0v) is 11.5. The van der Waals surface area contributed by atoms with Gasteiger partial charge >= 0.3 is 0 Å². The molecule has 0 saturated carbocycles. The van der Waals surface area contributed by atoms with Crippen LogP contribution in [0.1, 0.15) is 29.3 Å². The third kappa shape index (κ3) is 3.44. The molecule has 0 unspecified atom stereocenters. The van der Waals surface area contributed by atoms with Crippen molar-refractivity contribution in [2.75, 3.05) is 17.2 Å². The van der Waals surface area contributed by atoms with Crippen molar-refractivity contribution in [2.45, 2.75) is 20.3 Å². The predicted molar refractivity (Wildman–Crippen MR) is 73.4 cm³/mol. The highest BCUT2D eigenvalue weighted by atomic mass is 32.1. The van der Waals surface area contributed by atoms with Crippen molar-refractivity contribution in [3.8, 4) is 0 Å². The molecule has 0 spiro atoms. The van der Waals surface area contributed by atoms with E-state index in [4.69, 9.17) is 0 Å². The van der Waals surface area contributed by atoms with E-state index in [1.54, 1.807) is 0 Å². The summed E-state index contributed by atoms with van der Waals surface area (Å²) in [6, 6.07) is 0. The summed E-state index contributed by atoms with van der Waals surface area (Å²) in [5, 5.41) is 14.8. The quantitative estimate of drug-likeness (QED) is 0.862. The molecule has 0 aliphatic heterocycles. The monoisotopic (exact) mass is 278 g/mol. The molecule has 2 N–H and O–H groups in total. The highest BCUT2D eigenvalue weighted by Crippen LogP contribution is 2.16. The van der Waals surface area contributed by atoms with E-state index in [2.05, 4.69) is 30.8 Å². The molecule has 2 aromatic heterocycles. The highest BCUT2D eigenvalue weighted by Gasteiger charge is 2.11. The molecule has 19 heavy (non-hydrogen) atoms. The summed E-state index contributed by atoms with van der Waals surface area (Å²) in [6.07, 6.45) is 3.75. The van der Waals surface area contributed by atoms with Gasteiger partial charge in [0.1, 0.15) is 16.5 Å². The lowest BCUT2D eigenvalue weighted by Gasteiger charge is -2.02. The third-order valence-corrected chi connectivity index (χ3v) is 3.22. The van der Waals surface area contributed by atoms with Crippen LogP contribution in [0, 0.1) is 0 Å². The number of hydrogen-bond acceptors (Lipinski definition) is 7. The molecule has 1 amide bonds. The average molecular weight is 278 g/mol. The predicted octanol–water partition coefficient (Wildman–Crippen LogP) is 1.57. The lowest BCUT2D eigenvalue weighted by molar-refractivity contribution is 0.102. The summed E-state index contributed by atoms with van der Waals surface area (Å²) in [6.45, 7) is 4.70. The molecule has 0 bridgehead atoms. The SMILES string of the molecule is CCNc1cnc(C(=O)Nc2nnc(CC)s2)cn1. The summed E-state index contributed by atoms with van der Waals surface area (Å²) >= 11 is 1.35. The first-order chi connectivity index (χ1) is 9.22. The summed E-state index contributed by atoms with van der Waals surface area (Å²) in [5.41, 5.74) is 0.245. The first kappa shape index (κ1) is 13.3. The van der Waals surface area contributed by atoms with Crippen LogP contribution in [0.4, 0.5) is 10.9 Å². The Morgan fingerprint density at radius 1 is 1.26 bits per heavy atom. The van der Waals surface area contributed by atoms with E-state index in [0.29, 0.717) is 10.9 Å². The van der Waals surface area contributed by atoms with Crippen LogP contribution in [0.2, 0.25) is 0 Å². The van der Waals surface area contributed by atoms with Crippen LogP contribution in [0.3, 0.4) is 0 Å². The fourth-order valence-corrected chi connectivity index (χ4v) is 2.00. The second-order valence-corrected chi connectivity index (χ2v) is 4.69. The van der Waals surface area contributed by atoms with Crippen molar-refractivity contribution in [3.63, 3.8) is 0 Å². The van der Waals surface area contributed by atoms with Gasteiger partial charge in [-0.05, 0) is 13.3 Å². The smallest absolute Gasteiger partial charge is 0.277 e. The summed E-state index contributed by atoms with van der Waals surface area (Å²) in [5.74, 6) is 0.303. The van der Waals surface area contributed by atoms with Gasteiger partial charge in [-0.15, -0.1) is 10.2 Å². The van der Waals surface area contributed by atoms with Crippen LogP contribution in [0.15, 0.2) is 12.4 Å². The van der Waals surface area contributed by atoms with Crippen LogP contribution >= 0.6 is 11.3 Å². The Kier molecular flexibility index (Phi) is 4.35. The van der Waals surface area contributed by atoms with Crippen LogP contribution in [-0.4, -0.2) is 32.6 Å². The van der Waals surface area contributed by atoms with Crippen molar-refractivity contribution in [3.05, 3.63) is 23.1 Å². The molecule has 2 rings (SSSR count). The topological polar surface area (TPSA) is 92.7 Å². The van der Waals surface area contributed by atoms with Gasteiger partial charge in [-0.2, -0.15) is 0 Å². The zero-order chi connectivity index (χ0) is 13.7. The number of carbonyl (C=O) groups is 1. The van der Waals surface area contributed by atoms with Gasteiger partial charge in [-0.3, -0.25) is 10.1 Å². The van der Waals surface area contributed by atoms with E-state index in [1.165, 1.54) is 23.7 Å². The fourth-order valence-electron chi connectivity index (χ4n) is 1.33. The lowest BCUT2D eigenvalue weighted by atomic mass is 10.4. The largest absolute Gasteiger partial charge is 0.369 e. The molecule has 0 saturated heterocycles. The first-order valence-corrected chi connectivity index (χ1v) is 6.74. The van der Waals surface area contributed by atoms with E-state index in [0.717, 1.165) is 18.0 Å². The number of nitrogens with zero attached hydrogens (tertiary/aromatic N) is 4. The second-order valence-electron chi connectivity index (χ2n) is 3.63. The maximum Gasteiger partial charge on any atom is 0.277 e. The molecule has 0 atom stereocenters. The first-order valence-electron chi connectivity index (χ1n) is 5.92. The number of anilines is 2. The Morgan fingerprint density at radius 3 is 2.68 bits per heavy atom. The Morgan fingerprint density at radius 2 is 2.11 bits per heavy atom. The number of nitrogens with one attached hydrogen (secondary N) is 2. The summed E-state index contributed by atoms with van der Waals surface area (Å²) in [7, 11) is 0. The minimum atomic E-state index is -0.339. The molecule has 0 fully saturated rings. The van der Waals surface area contributed by atoms with Crippen LogP contribution < -0.4 is 10.6 Å². The van der Waals surface area contributed by atoms with Crippen LogP contribution in [-0.2, 0) is 6.42 Å². The maximum atomic E-state index is 11.9. The Balaban J connectivity index is 2.02. The average Bonchev–Trinajstić information content (AvgIpc) is 2.87. The van der Waals surface area contributed by atoms with E-state index in [1.807, 2.05) is 13.8 Å². The molecule has 2 aromatic rings. The maximum absolute atomic E-state index is 11.9. The lowest BCUT2D eigenvalue weighted by Crippen LogP contribution is -2.14. The minimum Gasteiger partial charge on any atom is -0.369 e. The highest BCUT2D eigenvalue weighted by molar-refractivity contribution is 7.15.